The molecule has 2 fully saturated rings. The second kappa shape index (κ2) is 9.62. The Morgan fingerprint density at radius 3 is 2.57 bits per heavy atom. The van der Waals surface area contributed by atoms with E-state index < -0.39 is 0 Å². The summed E-state index contributed by atoms with van der Waals surface area (Å²) in [5.41, 5.74) is 3.70. The van der Waals surface area contributed by atoms with E-state index in [9.17, 15) is 10.1 Å². The first-order chi connectivity index (χ1) is 18.0. The van der Waals surface area contributed by atoms with Gasteiger partial charge in [-0.3, -0.25) is 4.79 Å². The van der Waals surface area contributed by atoms with Crippen molar-refractivity contribution in [2.75, 3.05) is 30.2 Å². The van der Waals surface area contributed by atoms with Crippen LogP contribution in [-0.2, 0) is 7.05 Å². The molecule has 0 spiro atoms. The highest BCUT2D eigenvalue weighted by molar-refractivity contribution is 5.88. The van der Waals surface area contributed by atoms with Crippen LogP contribution in [0.2, 0.25) is 0 Å². The summed E-state index contributed by atoms with van der Waals surface area (Å²) in [6.07, 6.45) is 8.09. The first-order valence-corrected chi connectivity index (χ1v) is 13.3. The second-order valence-corrected chi connectivity index (χ2v) is 10.6. The Morgan fingerprint density at radius 2 is 1.84 bits per heavy atom. The molecule has 6 rings (SSSR count). The molecule has 0 amide bonds. The number of hydrogen-bond donors (Lipinski definition) is 0. The molecule has 8 nitrogen and oxygen atoms in total. The summed E-state index contributed by atoms with van der Waals surface area (Å²) in [4.78, 5) is 22.1. The van der Waals surface area contributed by atoms with Crippen molar-refractivity contribution < 1.29 is 9.47 Å². The van der Waals surface area contributed by atoms with E-state index >= 15 is 0 Å². The molecule has 37 heavy (non-hydrogen) atoms. The molecule has 0 unspecified atom stereocenters. The third kappa shape index (κ3) is 4.26. The Hall–Kier alpha value is -3.73. The third-order valence-electron chi connectivity index (χ3n) is 8.58. The monoisotopic (exact) mass is 499 g/mol. The summed E-state index contributed by atoms with van der Waals surface area (Å²) in [6.45, 7) is 1.35. The summed E-state index contributed by atoms with van der Waals surface area (Å²) in [5, 5.41) is 9.40. The normalized spacial score (nSPS) is 20.9. The molecule has 0 N–H and O–H groups in total. The maximum Gasteiger partial charge on any atom is 0.252 e. The van der Waals surface area contributed by atoms with Crippen molar-refractivity contribution in [1.29, 1.82) is 5.26 Å². The standard InChI is InChI=1S/C29H33N5O3/c1-32(25-15-27(35)33(2)23-14-9-20(16-30)31-28(23)25)21-10-12-22(13-11-21)34(17-19-5-3-6-19)24-7-4-8-26-29(24)37-18-36-26/h4,7-9,14-15,19,21-22H,3,5-6,10-13,17-18H2,1-2H3. The minimum Gasteiger partial charge on any atom is -0.454 e. The lowest BCUT2D eigenvalue weighted by Crippen LogP contribution is -2.46. The van der Waals surface area contributed by atoms with Crippen LogP contribution in [0.3, 0.4) is 0 Å². The SMILES string of the molecule is CN(c1cc(=O)n(C)c2ccc(C#N)nc12)C1CCC(N(CC2CCC2)c2cccc3c2OCO3)CC1. The topological polar surface area (TPSA) is 83.6 Å². The van der Waals surface area contributed by atoms with Crippen LogP contribution >= 0.6 is 0 Å². The molecule has 0 atom stereocenters. The molecule has 1 aliphatic heterocycles. The fourth-order valence-electron chi connectivity index (χ4n) is 6.14. The van der Waals surface area contributed by atoms with Gasteiger partial charge in [-0.2, -0.15) is 5.26 Å². The molecule has 3 heterocycles. The number of fused-ring (bicyclic) bond motifs is 2. The van der Waals surface area contributed by atoms with Gasteiger partial charge in [0, 0.05) is 38.8 Å². The van der Waals surface area contributed by atoms with Gasteiger partial charge in [-0.05, 0) is 68.7 Å². The zero-order valence-electron chi connectivity index (χ0n) is 21.5. The van der Waals surface area contributed by atoms with Crippen molar-refractivity contribution in [3.63, 3.8) is 0 Å². The summed E-state index contributed by atoms with van der Waals surface area (Å²) < 4.78 is 13.2. The number of para-hydroxylation sites is 1. The van der Waals surface area contributed by atoms with E-state index in [-0.39, 0.29) is 12.4 Å². The number of anilines is 2. The molecule has 2 aromatic heterocycles. The van der Waals surface area contributed by atoms with E-state index in [1.807, 2.05) is 12.1 Å². The highest BCUT2D eigenvalue weighted by Gasteiger charge is 2.34. The van der Waals surface area contributed by atoms with E-state index in [1.165, 1.54) is 19.3 Å². The predicted molar refractivity (Wildman–Crippen MR) is 143 cm³/mol. The Bertz CT molecular complexity index is 1420. The van der Waals surface area contributed by atoms with Crippen LogP contribution in [0.1, 0.15) is 50.6 Å². The highest BCUT2D eigenvalue weighted by Crippen LogP contribution is 2.44. The number of hydrogen-bond acceptors (Lipinski definition) is 7. The lowest BCUT2D eigenvalue weighted by Gasteiger charge is -2.44. The van der Waals surface area contributed by atoms with Crippen molar-refractivity contribution in [3.8, 4) is 17.6 Å². The molecule has 2 saturated carbocycles. The number of aromatic nitrogens is 2. The average Bonchev–Trinajstić information content (AvgIpc) is 3.39. The molecule has 2 aliphatic carbocycles. The van der Waals surface area contributed by atoms with E-state index in [0.29, 0.717) is 23.3 Å². The second-order valence-electron chi connectivity index (χ2n) is 10.6. The first kappa shape index (κ1) is 23.7. The van der Waals surface area contributed by atoms with E-state index in [4.69, 9.17) is 9.47 Å². The first-order valence-electron chi connectivity index (χ1n) is 13.3. The molecule has 1 aromatic carbocycles. The molecule has 192 valence electrons. The van der Waals surface area contributed by atoms with Gasteiger partial charge in [-0.15, -0.1) is 0 Å². The van der Waals surface area contributed by atoms with Crippen LogP contribution in [0.15, 0.2) is 41.2 Å². The smallest absolute Gasteiger partial charge is 0.252 e. The van der Waals surface area contributed by atoms with Crippen LogP contribution in [-0.4, -0.2) is 42.0 Å². The molecule has 0 radical (unpaired) electrons. The van der Waals surface area contributed by atoms with Gasteiger partial charge in [0.2, 0.25) is 6.79 Å². The third-order valence-corrected chi connectivity index (χ3v) is 8.58. The van der Waals surface area contributed by atoms with E-state index in [1.54, 1.807) is 23.7 Å². The fraction of sp³-hybridized carbons (Fsp3) is 0.483. The average molecular weight is 500 g/mol. The van der Waals surface area contributed by atoms with Gasteiger partial charge in [-0.1, -0.05) is 12.5 Å². The van der Waals surface area contributed by atoms with E-state index in [0.717, 1.165) is 66.5 Å². The minimum absolute atomic E-state index is 0.0682. The summed E-state index contributed by atoms with van der Waals surface area (Å²) in [5.74, 6) is 2.46. The van der Waals surface area contributed by atoms with Gasteiger partial charge in [0.15, 0.2) is 11.5 Å². The Balaban J connectivity index is 1.25. The van der Waals surface area contributed by atoms with Crippen LogP contribution in [0, 0.1) is 17.2 Å². The summed E-state index contributed by atoms with van der Waals surface area (Å²) >= 11 is 0. The molecule has 3 aromatic rings. The number of benzene rings is 1. The van der Waals surface area contributed by atoms with Crippen LogP contribution < -0.4 is 24.8 Å². The fourth-order valence-corrected chi connectivity index (χ4v) is 6.14. The van der Waals surface area contributed by atoms with Crippen molar-refractivity contribution in [1.82, 2.24) is 9.55 Å². The number of ether oxygens (including phenoxy) is 2. The number of aryl methyl sites for hydroxylation is 1. The Labute approximate surface area is 217 Å². The summed E-state index contributed by atoms with van der Waals surface area (Å²) in [7, 11) is 3.81. The quantitative estimate of drug-likeness (QED) is 0.491. The minimum atomic E-state index is -0.0682. The number of rotatable bonds is 6. The zero-order valence-corrected chi connectivity index (χ0v) is 21.5. The number of nitrogens with zero attached hydrogens (tertiary/aromatic N) is 5. The molecule has 8 heteroatoms. The van der Waals surface area contributed by atoms with Crippen LogP contribution in [0.4, 0.5) is 11.4 Å². The van der Waals surface area contributed by atoms with Gasteiger partial charge in [0.05, 0.1) is 16.9 Å². The van der Waals surface area contributed by atoms with Crippen molar-refractivity contribution in [2.24, 2.45) is 13.0 Å². The van der Waals surface area contributed by atoms with Crippen LogP contribution in [0.5, 0.6) is 11.5 Å². The van der Waals surface area contributed by atoms with Crippen molar-refractivity contribution in [2.45, 2.75) is 57.0 Å². The molecule has 0 bridgehead atoms. The zero-order chi connectivity index (χ0) is 25.5. The number of pyridine rings is 2. The molecule has 0 saturated heterocycles. The molecular formula is C29H33N5O3. The van der Waals surface area contributed by atoms with Crippen molar-refractivity contribution >= 4 is 22.4 Å². The van der Waals surface area contributed by atoms with E-state index in [2.05, 4.69) is 40.0 Å². The number of nitriles is 1. The van der Waals surface area contributed by atoms with Gasteiger partial charge in [-0.25, -0.2) is 4.98 Å². The summed E-state index contributed by atoms with van der Waals surface area (Å²) in [6, 6.07) is 14.2. The largest absolute Gasteiger partial charge is 0.454 e. The predicted octanol–water partition coefficient (Wildman–Crippen LogP) is 4.59. The Morgan fingerprint density at radius 1 is 1.05 bits per heavy atom. The van der Waals surface area contributed by atoms with Crippen LogP contribution in [0.25, 0.3) is 11.0 Å². The van der Waals surface area contributed by atoms with Gasteiger partial charge >= 0.3 is 0 Å². The van der Waals surface area contributed by atoms with Gasteiger partial charge in [0.25, 0.3) is 5.56 Å². The highest BCUT2D eigenvalue weighted by atomic mass is 16.7. The van der Waals surface area contributed by atoms with Gasteiger partial charge < -0.3 is 23.8 Å². The lowest BCUT2D eigenvalue weighted by atomic mass is 9.83. The maximum absolute atomic E-state index is 12.7. The lowest BCUT2D eigenvalue weighted by molar-refractivity contribution is 0.173. The van der Waals surface area contributed by atoms with Crippen molar-refractivity contribution in [3.05, 3.63) is 52.4 Å². The maximum atomic E-state index is 12.7. The molecular weight excluding hydrogens is 466 g/mol. The Kier molecular flexibility index (Phi) is 6.15. The van der Waals surface area contributed by atoms with Gasteiger partial charge in [0.1, 0.15) is 17.3 Å². The molecule has 3 aliphatic rings.